The number of ether oxygens (including phenoxy) is 2. The lowest BCUT2D eigenvalue weighted by molar-refractivity contribution is -0.178. The van der Waals surface area contributed by atoms with Crippen molar-refractivity contribution in [3.63, 3.8) is 0 Å². The Labute approximate surface area is 140 Å². The quantitative estimate of drug-likeness (QED) is 0.143. The molecule has 0 bridgehead atoms. The summed E-state index contributed by atoms with van der Waals surface area (Å²) < 4.78 is 10.6. The highest BCUT2D eigenvalue weighted by Crippen LogP contribution is 2.23. The maximum absolute atomic E-state index is 9.54. The molecule has 0 atom stereocenters. The van der Waals surface area contributed by atoms with Crippen molar-refractivity contribution in [2.24, 2.45) is 10.8 Å². The third-order valence-electron chi connectivity index (χ3n) is 4.04. The van der Waals surface area contributed by atoms with Crippen LogP contribution in [0.25, 0.3) is 0 Å². The highest BCUT2D eigenvalue weighted by Gasteiger charge is 2.37. The first-order valence-corrected chi connectivity index (χ1v) is 7.49. The van der Waals surface area contributed by atoms with Crippen LogP contribution in [0.3, 0.4) is 0 Å². The number of hydrogen-bond donors (Lipinski definition) is 8. The number of hydrogen-bond acceptors (Lipinski definition) is 10. The van der Waals surface area contributed by atoms with Gasteiger partial charge in [0.15, 0.2) is 0 Å². The van der Waals surface area contributed by atoms with Crippen molar-refractivity contribution < 1.29 is 50.3 Å². The van der Waals surface area contributed by atoms with Gasteiger partial charge in [0.1, 0.15) is 5.60 Å². The lowest BCUT2D eigenvalue weighted by atomic mass is 9.90. The number of aliphatic hydroxyl groups is 8. The summed E-state index contributed by atoms with van der Waals surface area (Å²) in [7, 11) is 0. The van der Waals surface area contributed by atoms with Crippen LogP contribution in [0.1, 0.15) is 0 Å². The van der Waals surface area contributed by atoms with Gasteiger partial charge in [0, 0.05) is 0 Å². The third kappa shape index (κ3) is 6.15. The van der Waals surface area contributed by atoms with Gasteiger partial charge in [0.05, 0.1) is 83.5 Å². The zero-order chi connectivity index (χ0) is 18.7. The summed E-state index contributed by atoms with van der Waals surface area (Å²) in [6.07, 6.45) is 0. The molecular formula is C14H30O10. The normalized spacial score (nSPS) is 13.5. The Morgan fingerprint density at radius 1 is 0.458 bits per heavy atom. The van der Waals surface area contributed by atoms with Crippen LogP contribution in [0.5, 0.6) is 0 Å². The molecule has 0 radical (unpaired) electrons. The highest BCUT2D eigenvalue weighted by molar-refractivity contribution is 4.84. The lowest BCUT2D eigenvalue weighted by Crippen LogP contribution is -2.50. The van der Waals surface area contributed by atoms with Crippen molar-refractivity contribution >= 4 is 0 Å². The summed E-state index contributed by atoms with van der Waals surface area (Å²) in [4.78, 5) is 0. The highest BCUT2D eigenvalue weighted by atomic mass is 16.5. The van der Waals surface area contributed by atoms with Gasteiger partial charge < -0.3 is 50.3 Å². The second kappa shape index (κ2) is 11.3. The molecule has 0 aromatic heterocycles. The van der Waals surface area contributed by atoms with Crippen molar-refractivity contribution in [1.82, 2.24) is 0 Å². The van der Waals surface area contributed by atoms with Gasteiger partial charge in [0.2, 0.25) is 0 Å². The zero-order valence-electron chi connectivity index (χ0n) is 13.7. The summed E-state index contributed by atoms with van der Waals surface area (Å²) >= 11 is 0. The van der Waals surface area contributed by atoms with Gasteiger partial charge in [-0.15, -0.1) is 0 Å². The SMILES string of the molecule is OCC(CO)(CO)COCC(CO)(CO)COC(CO)(CO)CO. The van der Waals surface area contributed by atoms with Gasteiger partial charge in [-0.1, -0.05) is 0 Å². The third-order valence-corrected chi connectivity index (χ3v) is 4.04. The molecule has 0 aliphatic rings. The Hall–Kier alpha value is -0.400. The van der Waals surface area contributed by atoms with E-state index in [4.69, 9.17) is 9.47 Å². The topological polar surface area (TPSA) is 180 Å². The molecule has 0 amide bonds. The minimum absolute atomic E-state index is 0.233. The minimum atomic E-state index is -1.62. The molecule has 10 nitrogen and oxygen atoms in total. The van der Waals surface area contributed by atoms with E-state index in [1.54, 1.807) is 0 Å². The van der Waals surface area contributed by atoms with Crippen molar-refractivity contribution in [2.45, 2.75) is 5.60 Å². The van der Waals surface area contributed by atoms with E-state index in [0.717, 1.165) is 0 Å². The van der Waals surface area contributed by atoms with Gasteiger partial charge in [-0.3, -0.25) is 0 Å². The van der Waals surface area contributed by atoms with E-state index in [1.165, 1.54) is 0 Å². The van der Waals surface area contributed by atoms with Gasteiger partial charge in [-0.05, 0) is 0 Å². The molecule has 0 aromatic rings. The maximum Gasteiger partial charge on any atom is 0.137 e. The van der Waals surface area contributed by atoms with E-state index < -0.39 is 69.3 Å². The monoisotopic (exact) mass is 358 g/mol. The van der Waals surface area contributed by atoms with Crippen molar-refractivity contribution in [2.75, 3.05) is 72.7 Å². The van der Waals surface area contributed by atoms with E-state index in [9.17, 15) is 40.9 Å². The number of aliphatic hydroxyl groups excluding tert-OH is 8. The van der Waals surface area contributed by atoms with Crippen LogP contribution in [0.15, 0.2) is 0 Å². The Morgan fingerprint density at radius 3 is 1.17 bits per heavy atom. The smallest absolute Gasteiger partial charge is 0.137 e. The molecule has 24 heavy (non-hydrogen) atoms. The van der Waals surface area contributed by atoms with Crippen LogP contribution in [-0.2, 0) is 9.47 Å². The van der Waals surface area contributed by atoms with Gasteiger partial charge in [-0.2, -0.15) is 0 Å². The van der Waals surface area contributed by atoms with Crippen LogP contribution >= 0.6 is 0 Å². The standard InChI is InChI=1S/C14H30O10/c15-1-12(2-16,3-17)9-23-10-13(4-18,5-19)11-24-14(6-20,7-21)8-22/h15-22H,1-11H2. The Bertz CT molecular complexity index is 296. The fraction of sp³-hybridized carbons (Fsp3) is 1.00. The van der Waals surface area contributed by atoms with E-state index in [-0.39, 0.29) is 19.8 Å². The summed E-state index contributed by atoms with van der Waals surface area (Å²) in [6.45, 7) is -5.53. The van der Waals surface area contributed by atoms with E-state index >= 15 is 0 Å². The molecule has 0 aliphatic heterocycles. The zero-order valence-corrected chi connectivity index (χ0v) is 13.7. The molecule has 8 N–H and O–H groups in total. The molecular weight excluding hydrogens is 328 g/mol. The Morgan fingerprint density at radius 2 is 0.833 bits per heavy atom. The fourth-order valence-electron chi connectivity index (χ4n) is 1.64. The predicted molar refractivity (Wildman–Crippen MR) is 81.1 cm³/mol. The second-order valence-electron chi connectivity index (χ2n) is 6.23. The summed E-state index contributed by atoms with van der Waals surface area (Å²) in [5, 5.41) is 74.4. The fourth-order valence-corrected chi connectivity index (χ4v) is 1.64. The summed E-state index contributed by atoms with van der Waals surface area (Å²) in [5.74, 6) is 0. The van der Waals surface area contributed by atoms with Crippen molar-refractivity contribution in [3.8, 4) is 0 Å². The molecule has 0 saturated carbocycles. The lowest BCUT2D eigenvalue weighted by Gasteiger charge is -2.36. The minimum Gasteiger partial charge on any atom is -0.396 e. The van der Waals surface area contributed by atoms with Crippen molar-refractivity contribution in [3.05, 3.63) is 0 Å². The first-order valence-electron chi connectivity index (χ1n) is 7.49. The van der Waals surface area contributed by atoms with Crippen LogP contribution in [0.2, 0.25) is 0 Å². The summed E-state index contributed by atoms with van der Waals surface area (Å²) in [5.41, 5.74) is -4.19. The molecule has 0 rings (SSSR count). The van der Waals surface area contributed by atoms with Crippen LogP contribution in [0.4, 0.5) is 0 Å². The first-order chi connectivity index (χ1) is 11.4. The largest absolute Gasteiger partial charge is 0.396 e. The molecule has 0 unspecified atom stereocenters. The van der Waals surface area contributed by atoms with E-state index in [0.29, 0.717) is 0 Å². The first kappa shape index (κ1) is 23.6. The van der Waals surface area contributed by atoms with E-state index in [1.807, 2.05) is 0 Å². The molecule has 0 fully saturated rings. The average molecular weight is 358 g/mol. The molecule has 0 heterocycles. The molecule has 0 aliphatic carbocycles. The summed E-state index contributed by atoms with van der Waals surface area (Å²) in [6, 6.07) is 0. The van der Waals surface area contributed by atoms with Crippen LogP contribution in [-0.4, -0.2) is 119 Å². The van der Waals surface area contributed by atoms with Crippen LogP contribution in [0, 0.1) is 10.8 Å². The molecule has 10 heteroatoms. The average Bonchev–Trinajstić information content (AvgIpc) is 2.65. The van der Waals surface area contributed by atoms with Gasteiger partial charge in [0.25, 0.3) is 0 Å². The van der Waals surface area contributed by atoms with Crippen molar-refractivity contribution in [1.29, 1.82) is 0 Å². The van der Waals surface area contributed by atoms with Crippen LogP contribution < -0.4 is 0 Å². The molecule has 0 saturated heterocycles. The number of rotatable bonds is 15. The van der Waals surface area contributed by atoms with Gasteiger partial charge in [-0.25, -0.2) is 0 Å². The Balaban J connectivity index is 4.82. The predicted octanol–water partition coefficient (Wildman–Crippen LogP) is -4.33. The van der Waals surface area contributed by atoms with Gasteiger partial charge >= 0.3 is 0 Å². The molecule has 0 spiro atoms. The maximum atomic E-state index is 9.54. The second-order valence-corrected chi connectivity index (χ2v) is 6.23. The molecule has 0 aromatic carbocycles. The molecule has 146 valence electrons. The Kier molecular flexibility index (Phi) is 11.1. The van der Waals surface area contributed by atoms with E-state index in [2.05, 4.69) is 0 Å².